The molecule has 0 aliphatic heterocycles. The molecular weight excluding hydrogens is 469 g/mol. The van der Waals surface area contributed by atoms with Crippen LogP contribution in [0.2, 0.25) is 10.0 Å². The first-order valence-electron chi connectivity index (χ1n) is 10.1. The van der Waals surface area contributed by atoms with E-state index in [0.29, 0.717) is 33.0 Å². The Morgan fingerprint density at radius 3 is 2.19 bits per heavy atom. The zero-order valence-corrected chi connectivity index (χ0v) is 20.4. The summed E-state index contributed by atoms with van der Waals surface area (Å²) < 4.78 is 18.4. The van der Waals surface area contributed by atoms with Crippen LogP contribution >= 0.6 is 34.5 Å². The van der Waals surface area contributed by atoms with Crippen molar-refractivity contribution in [3.63, 3.8) is 0 Å². The summed E-state index contributed by atoms with van der Waals surface area (Å²) in [6.45, 7) is 0. The molecule has 0 amide bonds. The van der Waals surface area contributed by atoms with Crippen molar-refractivity contribution in [2.45, 2.75) is 25.7 Å². The number of aromatic nitrogens is 1. The van der Waals surface area contributed by atoms with E-state index in [1.54, 1.807) is 33.5 Å². The van der Waals surface area contributed by atoms with Crippen molar-refractivity contribution in [1.29, 1.82) is 0 Å². The summed E-state index contributed by atoms with van der Waals surface area (Å²) in [6.07, 6.45) is 4.29. The normalized spacial score (nSPS) is 14.0. The fraction of sp³-hybridized carbons (Fsp3) is 0.304. The lowest BCUT2D eigenvalue weighted by Gasteiger charge is -2.14. The molecule has 0 N–H and O–H groups in total. The molecule has 1 saturated carbocycles. The minimum absolute atomic E-state index is 0.461. The Labute approximate surface area is 200 Å². The fourth-order valence-corrected chi connectivity index (χ4v) is 4.73. The summed E-state index contributed by atoms with van der Waals surface area (Å²) in [5.41, 5.74) is 3.63. The van der Waals surface area contributed by atoms with Crippen LogP contribution in [-0.2, 0) is 0 Å². The van der Waals surface area contributed by atoms with Gasteiger partial charge in [0, 0.05) is 16.7 Å². The van der Waals surface area contributed by atoms with Gasteiger partial charge in [-0.2, -0.15) is 5.10 Å². The van der Waals surface area contributed by atoms with Crippen LogP contribution in [0.4, 0.5) is 5.69 Å². The van der Waals surface area contributed by atoms with Gasteiger partial charge in [0.25, 0.3) is 0 Å². The Balaban J connectivity index is 1.91. The maximum Gasteiger partial charge on any atom is 0.211 e. The Hall–Kier alpha value is -2.48. The van der Waals surface area contributed by atoms with Crippen molar-refractivity contribution in [1.82, 2.24) is 4.68 Å². The number of hydrogen-bond acceptors (Lipinski definition) is 6. The molecule has 2 aromatic carbocycles. The molecule has 1 heterocycles. The number of halogens is 2. The van der Waals surface area contributed by atoms with E-state index in [9.17, 15) is 0 Å². The average molecular weight is 492 g/mol. The number of benzene rings is 2. The standard InChI is InChI=1S/C23H23Cl2N3O3S/c1-29-20-10-14(11-21(30-2)22(20)31-3)19-13-32-23(28(19)27-15-6-4-5-7-15)26-16-8-9-17(24)18(25)12-16/h8-13H,4-7H2,1-3H3. The van der Waals surface area contributed by atoms with Crippen LogP contribution in [-0.4, -0.2) is 31.7 Å². The van der Waals surface area contributed by atoms with Gasteiger partial charge in [0.15, 0.2) is 11.5 Å². The van der Waals surface area contributed by atoms with Crippen LogP contribution < -0.4 is 19.0 Å². The van der Waals surface area contributed by atoms with Gasteiger partial charge in [0.05, 0.1) is 42.8 Å². The minimum Gasteiger partial charge on any atom is -0.493 e. The highest BCUT2D eigenvalue weighted by Crippen LogP contribution is 2.41. The van der Waals surface area contributed by atoms with Crippen LogP contribution in [0.1, 0.15) is 25.7 Å². The lowest BCUT2D eigenvalue weighted by molar-refractivity contribution is 0.324. The molecule has 168 valence electrons. The molecule has 6 nitrogen and oxygen atoms in total. The number of ether oxygens (including phenoxy) is 3. The highest BCUT2D eigenvalue weighted by Gasteiger charge is 2.18. The molecule has 1 aliphatic rings. The van der Waals surface area contributed by atoms with Gasteiger partial charge in [-0.05, 0) is 56.0 Å². The van der Waals surface area contributed by atoms with Crippen molar-refractivity contribution >= 4 is 45.9 Å². The van der Waals surface area contributed by atoms with Crippen molar-refractivity contribution in [2.24, 2.45) is 10.1 Å². The van der Waals surface area contributed by atoms with E-state index < -0.39 is 0 Å². The largest absolute Gasteiger partial charge is 0.493 e. The third-order valence-corrected chi connectivity index (χ3v) is 6.75. The monoisotopic (exact) mass is 491 g/mol. The van der Waals surface area contributed by atoms with Gasteiger partial charge in [-0.1, -0.05) is 23.2 Å². The highest BCUT2D eigenvalue weighted by atomic mass is 35.5. The number of rotatable bonds is 6. The van der Waals surface area contributed by atoms with E-state index in [0.717, 1.165) is 47.5 Å². The van der Waals surface area contributed by atoms with Crippen molar-refractivity contribution in [3.8, 4) is 28.5 Å². The number of thiazole rings is 1. The van der Waals surface area contributed by atoms with E-state index >= 15 is 0 Å². The van der Waals surface area contributed by atoms with Gasteiger partial charge in [-0.15, -0.1) is 11.3 Å². The first kappa shape index (κ1) is 22.7. The van der Waals surface area contributed by atoms with Gasteiger partial charge in [-0.25, -0.2) is 9.67 Å². The van der Waals surface area contributed by atoms with Crippen LogP contribution in [0.25, 0.3) is 11.3 Å². The summed E-state index contributed by atoms with van der Waals surface area (Å²) in [5, 5.41) is 7.94. The quantitative estimate of drug-likeness (QED) is 0.392. The van der Waals surface area contributed by atoms with Gasteiger partial charge in [0.1, 0.15) is 0 Å². The topological polar surface area (TPSA) is 57.3 Å². The Morgan fingerprint density at radius 1 is 0.906 bits per heavy atom. The molecule has 0 spiro atoms. The van der Waals surface area contributed by atoms with Crippen LogP contribution in [0, 0.1) is 0 Å². The predicted octanol–water partition coefficient (Wildman–Crippen LogP) is 6.56. The highest BCUT2D eigenvalue weighted by molar-refractivity contribution is 7.07. The molecular formula is C23H23Cl2N3O3S. The van der Waals surface area contributed by atoms with E-state index in [2.05, 4.69) is 0 Å². The first-order chi connectivity index (χ1) is 15.5. The van der Waals surface area contributed by atoms with E-state index in [1.807, 2.05) is 28.3 Å². The van der Waals surface area contributed by atoms with E-state index in [1.165, 1.54) is 11.3 Å². The van der Waals surface area contributed by atoms with Crippen LogP contribution in [0.15, 0.2) is 45.8 Å². The maximum atomic E-state index is 6.19. The molecule has 0 bridgehead atoms. The summed E-state index contributed by atoms with van der Waals surface area (Å²) in [7, 11) is 4.80. The summed E-state index contributed by atoms with van der Waals surface area (Å²) in [6, 6.07) is 9.15. The van der Waals surface area contributed by atoms with Gasteiger partial charge >= 0.3 is 0 Å². The van der Waals surface area contributed by atoms with Crippen molar-refractivity contribution in [3.05, 3.63) is 50.6 Å². The Morgan fingerprint density at radius 2 is 1.59 bits per heavy atom. The second-order valence-corrected chi connectivity index (χ2v) is 8.86. The predicted molar refractivity (Wildman–Crippen MR) is 130 cm³/mol. The molecule has 3 aromatic rings. The smallest absolute Gasteiger partial charge is 0.211 e. The Kier molecular flexibility index (Phi) is 7.08. The number of methoxy groups -OCH3 is 3. The molecule has 0 radical (unpaired) electrons. The molecule has 9 heteroatoms. The summed E-state index contributed by atoms with van der Waals surface area (Å²) in [5.74, 6) is 1.70. The lowest BCUT2D eigenvalue weighted by atomic mass is 10.1. The van der Waals surface area contributed by atoms with E-state index in [4.69, 9.17) is 47.5 Å². The molecule has 1 aromatic heterocycles. The zero-order valence-electron chi connectivity index (χ0n) is 18.0. The van der Waals surface area contributed by atoms with Gasteiger partial charge in [0.2, 0.25) is 10.6 Å². The van der Waals surface area contributed by atoms with Crippen LogP contribution in [0.3, 0.4) is 0 Å². The second-order valence-electron chi connectivity index (χ2n) is 7.21. The molecule has 0 unspecified atom stereocenters. The SMILES string of the molecule is COc1cc(-c2csc(=Nc3ccc(Cl)c(Cl)c3)n2N=C2CCCC2)cc(OC)c1OC. The lowest BCUT2D eigenvalue weighted by Crippen LogP contribution is -2.13. The van der Waals surface area contributed by atoms with Crippen molar-refractivity contribution in [2.75, 3.05) is 21.3 Å². The first-order valence-corrected chi connectivity index (χ1v) is 11.7. The van der Waals surface area contributed by atoms with E-state index in [-0.39, 0.29) is 0 Å². The molecule has 0 saturated heterocycles. The van der Waals surface area contributed by atoms with Crippen molar-refractivity contribution < 1.29 is 14.2 Å². The summed E-state index contributed by atoms with van der Waals surface area (Å²) >= 11 is 13.7. The molecule has 1 fully saturated rings. The third kappa shape index (κ3) is 4.65. The number of nitrogens with zero attached hydrogens (tertiary/aromatic N) is 3. The number of hydrogen-bond donors (Lipinski definition) is 0. The molecule has 0 atom stereocenters. The zero-order chi connectivity index (χ0) is 22.7. The maximum absolute atomic E-state index is 6.19. The van der Waals surface area contributed by atoms with Crippen LogP contribution in [0.5, 0.6) is 17.2 Å². The second kappa shape index (κ2) is 9.98. The minimum atomic E-state index is 0.461. The third-order valence-electron chi connectivity index (χ3n) is 5.20. The molecule has 4 rings (SSSR count). The average Bonchev–Trinajstić information content (AvgIpc) is 3.46. The molecule has 32 heavy (non-hydrogen) atoms. The Bertz CT molecular complexity index is 1200. The van der Waals surface area contributed by atoms with Gasteiger partial charge in [-0.3, -0.25) is 0 Å². The van der Waals surface area contributed by atoms with Gasteiger partial charge < -0.3 is 14.2 Å². The summed E-state index contributed by atoms with van der Waals surface area (Å²) in [4.78, 5) is 5.52. The fourth-order valence-electron chi connectivity index (χ4n) is 3.59. The molecule has 1 aliphatic carbocycles.